The maximum atomic E-state index is 13.9. The Morgan fingerprint density at radius 2 is 1.46 bits per heavy atom. The Balaban J connectivity index is 2.19. The number of carbonyl (C=O) groups excluding carboxylic acids is 6. The van der Waals surface area contributed by atoms with E-state index in [-0.39, 0.29) is 5.56 Å². The predicted molar refractivity (Wildman–Crippen MR) is 169 cm³/mol. The lowest BCUT2D eigenvalue weighted by atomic mass is 9.45. The zero-order valence-corrected chi connectivity index (χ0v) is 30.1. The van der Waals surface area contributed by atoms with E-state index in [2.05, 4.69) is 0 Å². The molecule has 1 spiro atoms. The highest BCUT2D eigenvalue weighted by Crippen LogP contribution is 2.69. The lowest BCUT2D eigenvalue weighted by Crippen LogP contribution is -2.85. The summed E-state index contributed by atoms with van der Waals surface area (Å²) in [5.74, 6) is -7.47. The number of esters is 6. The summed E-state index contributed by atoms with van der Waals surface area (Å²) in [7, 11) is 0. The minimum atomic E-state index is -2.30. The van der Waals surface area contributed by atoms with E-state index >= 15 is 0 Å². The average Bonchev–Trinajstić information content (AvgIpc) is 3.60. The fourth-order valence-corrected chi connectivity index (χ4v) is 7.98. The lowest BCUT2D eigenvalue weighted by molar-refractivity contribution is -0.363. The number of ether oxygens (including phenoxy) is 7. The molecule has 15 heteroatoms. The maximum absolute atomic E-state index is 13.9. The maximum Gasteiger partial charge on any atom is 0.341 e. The molecule has 15 nitrogen and oxygen atoms in total. The van der Waals surface area contributed by atoms with E-state index < -0.39 is 119 Å². The van der Waals surface area contributed by atoms with Gasteiger partial charge in [-0.05, 0) is 33.3 Å². The summed E-state index contributed by atoms with van der Waals surface area (Å²) in [4.78, 5) is 79.5. The van der Waals surface area contributed by atoms with Gasteiger partial charge in [0, 0.05) is 27.2 Å². The van der Waals surface area contributed by atoms with Crippen LogP contribution < -0.4 is 0 Å². The molecule has 2 aliphatic carbocycles. The molecular formula is C35H48O15. The van der Waals surface area contributed by atoms with Gasteiger partial charge in [-0.1, -0.05) is 27.7 Å². The Morgan fingerprint density at radius 3 is 1.98 bits per heavy atom. The van der Waals surface area contributed by atoms with Gasteiger partial charge in [0.15, 0.2) is 17.8 Å². The normalized spacial score (nSPS) is 34.5. The van der Waals surface area contributed by atoms with Crippen molar-refractivity contribution in [1.29, 1.82) is 0 Å². The third-order valence-electron chi connectivity index (χ3n) is 10.1. The van der Waals surface area contributed by atoms with E-state index in [9.17, 15) is 33.9 Å². The molecule has 2 heterocycles. The van der Waals surface area contributed by atoms with Gasteiger partial charge in [-0.2, -0.15) is 0 Å². The van der Waals surface area contributed by atoms with Gasteiger partial charge in [0.1, 0.15) is 36.6 Å². The zero-order valence-electron chi connectivity index (χ0n) is 30.1. The van der Waals surface area contributed by atoms with Gasteiger partial charge in [-0.25, -0.2) is 4.79 Å². The molecule has 10 atom stereocenters. The van der Waals surface area contributed by atoms with Gasteiger partial charge in [-0.15, -0.1) is 0 Å². The monoisotopic (exact) mass is 708 g/mol. The second kappa shape index (κ2) is 14.0. The van der Waals surface area contributed by atoms with Crippen LogP contribution in [0.1, 0.15) is 92.4 Å². The highest BCUT2D eigenvalue weighted by atomic mass is 16.7. The highest BCUT2D eigenvalue weighted by molar-refractivity contribution is 5.89. The number of fused-ring (bicyclic) bond motifs is 1. The van der Waals surface area contributed by atoms with Gasteiger partial charge in [0.05, 0.1) is 40.8 Å². The summed E-state index contributed by atoms with van der Waals surface area (Å²) < 4.78 is 48.1. The standard InChI is InChI=1S/C35H48O15/c1-11-18(4)30(40)44-16-34-26(46-20(6)37)23(45-19(5)36)14-33(10,42)35(34)27(47-21(7)38)24(32(8,9)50-35)25(48-29(39)17(2)3)28(34)49-31(41)22-12-13-43-15-22/h12-13,15,17-18,23-28,42H,11,14,16H2,1-10H3/t18?,23-,24-,25+,26-,27+,28-,33-,34-,35+/m0/s1. The van der Waals surface area contributed by atoms with Gasteiger partial charge in [0.25, 0.3) is 0 Å². The fraction of sp³-hybridized carbons (Fsp3) is 0.714. The molecule has 1 aromatic heterocycles. The van der Waals surface area contributed by atoms with E-state index in [1.807, 2.05) is 0 Å². The molecule has 1 unspecified atom stereocenters. The van der Waals surface area contributed by atoms with E-state index in [1.165, 1.54) is 19.3 Å². The van der Waals surface area contributed by atoms with Crippen molar-refractivity contribution in [2.24, 2.45) is 23.2 Å². The Morgan fingerprint density at radius 1 is 0.860 bits per heavy atom. The van der Waals surface area contributed by atoms with Crippen LogP contribution in [0.15, 0.2) is 23.0 Å². The second-order valence-electron chi connectivity index (χ2n) is 14.5. The number of hydrogen-bond acceptors (Lipinski definition) is 15. The van der Waals surface area contributed by atoms with Crippen LogP contribution >= 0.6 is 0 Å². The molecule has 3 fully saturated rings. The molecule has 2 saturated carbocycles. The van der Waals surface area contributed by atoms with Crippen LogP contribution in [-0.4, -0.2) is 94.9 Å². The first-order valence-corrected chi connectivity index (χ1v) is 16.7. The van der Waals surface area contributed by atoms with Crippen LogP contribution in [0.5, 0.6) is 0 Å². The van der Waals surface area contributed by atoms with Crippen LogP contribution in [0.2, 0.25) is 0 Å². The summed E-state index contributed by atoms with van der Waals surface area (Å²) in [6.07, 6.45) is -5.74. The first-order valence-electron chi connectivity index (χ1n) is 16.7. The molecule has 0 aromatic carbocycles. The Labute approximate surface area is 290 Å². The van der Waals surface area contributed by atoms with Crippen LogP contribution in [-0.2, 0) is 57.1 Å². The summed E-state index contributed by atoms with van der Waals surface area (Å²) >= 11 is 0. The molecule has 2 bridgehead atoms. The minimum Gasteiger partial charge on any atom is -0.472 e. The largest absolute Gasteiger partial charge is 0.472 e. The number of aliphatic hydroxyl groups is 1. The fourth-order valence-electron chi connectivity index (χ4n) is 7.98. The van der Waals surface area contributed by atoms with Gasteiger partial charge in [0.2, 0.25) is 0 Å². The van der Waals surface area contributed by atoms with Gasteiger partial charge >= 0.3 is 35.8 Å². The third-order valence-corrected chi connectivity index (χ3v) is 10.1. The van der Waals surface area contributed by atoms with Crippen molar-refractivity contribution < 1.29 is 71.4 Å². The number of carbonyl (C=O) groups is 6. The highest BCUT2D eigenvalue weighted by Gasteiger charge is 2.89. The first-order chi connectivity index (χ1) is 23.2. The Hall–Kier alpha value is -3.98. The van der Waals surface area contributed by atoms with Gasteiger partial charge < -0.3 is 42.7 Å². The molecule has 278 valence electrons. The number of rotatable bonds is 11. The van der Waals surface area contributed by atoms with Crippen LogP contribution in [0.4, 0.5) is 0 Å². The van der Waals surface area contributed by atoms with Crippen molar-refractivity contribution in [3.63, 3.8) is 0 Å². The molecule has 0 radical (unpaired) electrons. The summed E-state index contributed by atoms with van der Waals surface area (Å²) in [6, 6.07) is 1.32. The summed E-state index contributed by atoms with van der Waals surface area (Å²) in [6.45, 7) is 13.6. The van der Waals surface area contributed by atoms with Crippen LogP contribution in [0, 0.1) is 23.2 Å². The molecule has 1 aromatic rings. The van der Waals surface area contributed by atoms with Crippen molar-refractivity contribution >= 4 is 35.8 Å². The smallest absolute Gasteiger partial charge is 0.341 e. The molecule has 0 amide bonds. The molecule has 1 aliphatic heterocycles. The third kappa shape index (κ3) is 6.49. The van der Waals surface area contributed by atoms with Gasteiger partial charge in [-0.3, -0.25) is 24.0 Å². The van der Waals surface area contributed by atoms with Crippen LogP contribution in [0.3, 0.4) is 0 Å². The van der Waals surface area contributed by atoms with Crippen molar-refractivity contribution in [3.8, 4) is 0 Å². The molecule has 4 rings (SSSR count). The van der Waals surface area contributed by atoms with Crippen molar-refractivity contribution in [2.45, 2.75) is 129 Å². The van der Waals surface area contributed by atoms with Crippen molar-refractivity contribution in [2.75, 3.05) is 6.61 Å². The number of furan rings is 1. The lowest BCUT2D eigenvalue weighted by Gasteiger charge is -2.66. The first kappa shape index (κ1) is 38.8. The van der Waals surface area contributed by atoms with Crippen LogP contribution in [0.25, 0.3) is 0 Å². The van der Waals surface area contributed by atoms with Crippen molar-refractivity contribution in [3.05, 3.63) is 24.2 Å². The minimum absolute atomic E-state index is 0.0579. The average molecular weight is 709 g/mol. The molecule has 3 aliphatic rings. The molecule has 1 N–H and O–H groups in total. The van der Waals surface area contributed by atoms with Crippen molar-refractivity contribution in [1.82, 2.24) is 0 Å². The Kier molecular flexibility index (Phi) is 10.8. The second-order valence-corrected chi connectivity index (χ2v) is 14.5. The molecular weight excluding hydrogens is 660 g/mol. The molecule has 1 saturated heterocycles. The van der Waals surface area contributed by atoms with E-state index in [0.717, 1.165) is 27.0 Å². The summed E-state index contributed by atoms with van der Waals surface area (Å²) in [5.41, 5.74) is -8.21. The predicted octanol–water partition coefficient (Wildman–Crippen LogP) is 3.08. The zero-order chi connectivity index (χ0) is 37.6. The quantitative estimate of drug-likeness (QED) is 0.259. The Bertz CT molecular complexity index is 1480. The van der Waals surface area contributed by atoms with E-state index in [4.69, 9.17) is 37.6 Å². The molecule has 50 heavy (non-hydrogen) atoms. The van der Waals surface area contributed by atoms with E-state index in [1.54, 1.807) is 41.5 Å². The topological polar surface area (TPSA) is 200 Å². The summed E-state index contributed by atoms with van der Waals surface area (Å²) in [5, 5.41) is 12.7. The SMILES string of the molecule is CCC(C)C(=O)OC[C@]12[C@@H](OC(=O)c3ccoc3)[C@H](OC(=O)C(C)C)[C@H]3[C@@H](OC(C)=O)[C@@]1(OC3(C)C)[C@@](C)(O)C[C@H](OC(C)=O)[C@@H]2OC(C)=O. The van der Waals surface area contributed by atoms with E-state index in [0.29, 0.717) is 6.42 Å². The number of hydrogen-bond donors (Lipinski definition) is 1.